The molecule has 3 aromatic rings. The SMILES string of the molecule is CCCCCOc1ccc(C(=O)Nc2ccc(Oc3ncccn3)cc2)cc1. The maximum atomic E-state index is 12.4. The molecule has 1 N–H and O–H groups in total. The van der Waals surface area contributed by atoms with Gasteiger partial charge in [-0.05, 0) is 61.0 Å². The van der Waals surface area contributed by atoms with Crippen LogP contribution in [0.3, 0.4) is 0 Å². The van der Waals surface area contributed by atoms with Crippen LogP contribution >= 0.6 is 0 Å². The number of aromatic nitrogens is 2. The van der Waals surface area contributed by atoms with Gasteiger partial charge in [0.25, 0.3) is 5.91 Å². The summed E-state index contributed by atoms with van der Waals surface area (Å²) in [6, 6.07) is 16.2. The number of ether oxygens (including phenoxy) is 2. The highest BCUT2D eigenvalue weighted by Crippen LogP contribution is 2.20. The normalized spacial score (nSPS) is 10.3. The number of rotatable bonds is 9. The monoisotopic (exact) mass is 377 g/mol. The van der Waals surface area contributed by atoms with Crippen molar-refractivity contribution >= 4 is 11.6 Å². The minimum Gasteiger partial charge on any atom is -0.494 e. The molecule has 0 fully saturated rings. The number of unbranched alkanes of at least 4 members (excludes halogenated alkanes) is 2. The van der Waals surface area contributed by atoms with Gasteiger partial charge >= 0.3 is 6.01 Å². The van der Waals surface area contributed by atoms with Crippen molar-refractivity contribution in [3.05, 3.63) is 72.6 Å². The van der Waals surface area contributed by atoms with Crippen molar-refractivity contribution in [2.45, 2.75) is 26.2 Å². The van der Waals surface area contributed by atoms with E-state index in [0.717, 1.165) is 25.0 Å². The highest BCUT2D eigenvalue weighted by Gasteiger charge is 2.07. The molecule has 0 aliphatic carbocycles. The molecule has 1 heterocycles. The van der Waals surface area contributed by atoms with Gasteiger partial charge < -0.3 is 14.8 Å². The number of nitrogens with zero attached hydrogens (tertiary/aromatic N) is 2. The van der Waals surface area contributed by atoms with Gasteiger partial charge in [0.15, 0.2) is 0 Å². The highest BCUT2D eigenvalue weighted by atomic mass is 16.5. The van der Waals surface area contributed by atoms with Crippen molar-refractivity contribution in [1.82, 2.24) is 9.97 Å². The quantitative estimate of drug-likeness (QED) is 0.526. The molecule has 0 spiro atoms. The molecule has 2 aromatic carbocycles. The van der Waals surface area contributed by atoms with Crippen molar-refractivity contribution in [2.24, 2.45) is 0 Å². The lowest BCUT2D eigenvalue weighted by Gasteiger charge is -2.09. The van der Waals surface area contributed by atoms with Crippen LogP contribution in [0.5, 0.6) is 17.5 Å². The van der Waals surface area contributed by atoms with Gasteiger partial charge in [-0.15, -0.1) is 0 Å². The van der Waals surface area contributed by atoms with Crippen molar-refractivity contribution in [3.63, 3.8) is 0 Å². The van der Waals surface area contributed by atoms with Crippen molar-refractivity contribution in [2.75, 3.05) is 11.9 Å². The molecular formula is C22H23N3O3. The van der Waals surface area contributed by atoms with Crippen LogP contribution in [-0.4, -0.2) is 22.5 Å². The third-order valence-corrected chi connectivity index (χ3v) is 4.00. The Labute approximate surface area is 164 Å². The smallest absolute Gasteiger partial charge is 0.321 e. The van der Waals surface area contributed by atoms with E-state index in [0.29, 0.717) is 23.6 Å². The van der Waals surface area contributed by atoms with Crippen LogP contribution in [0.1, 0.15) is 36.5 Å². The molecule has 3 rings (SSSR count). The minimum absolute atomic E-state index is 0.183. The largest absolute Gasteiger partial charge is 0.494 e. The summed E-state index contributed by atoms with van der Waals surface area (Å²) in [5.74, 6) is 1.18. The first-order valence-corrected chi connectivity index (χ1v) is 9.34. The molecule has 0 atom stereocenters. The van der Waals surface area contributed by atoms with Crippen LogP contribution in [0.2, 0.25) is 0 Å². The summed E-state index contributed by atoms with van der Waals surface area (Å²) >= 11 is 0. The zero-order valence-electron chi connectivity index (χ0n) is 15.8. The first-order valence-electron chi connectivity index (χ1n) is 9.34. The first-order chi connectivity index (χ1) is 13.7. The molecule has 0 saturated carbocycles. The Balaban J connectivity index is 1.52. The molecule has 0 bridgehead atoms. The molecule has 0 unspecified atom stereocenters. The van der Waals surface area contributed by atoms with Gasteiger partial charge in [-0.25, -0.2) is 9.97 Å². The van der Waals surface area contributed by atoms with E-state index in [-0.39, 0.29) is 11.9 Å². The van der Waals surface area contributed by atoms with Gasteiger partial charge in [0.1, 0.15) is 11.5 Å². The second-order valence-corrected chi connectivity index (χ2v) is 6.19. The van der Waals surface area contributed by atoms with E-state index in [9.17, 15) is 4.79 Å². The molecule has 0 aliphatic heterocycles. The third-order valence-electron chi connectivity index (χ3n) is 4.00. The number of anilines is 1. The van der Waals surface area contributed by atoms with Gasteiger partial charge in [-0.1, -0.05) is 19.8 Å². The second kappa shape index (κ2) is 10.1. The second-order valence-electron chi connectivity index (χ2n) is 6.19. The summed E-state index contributed by atoms with van der Waals surface area (Å²) < 4.78 is 11.2. The van der Waals surface area contributed by atoms with E-state index in [4.69, 9.17) is 9.47 Å². The van der Waals surface area contributed by atoms with E-state index in [1.54, 1.807) is 54.9 Å². The molecule has 144 valence electrons. The van der Waals surface area contributed by atoms with E-state index >= 15 is 0 Å². The summed E-state index contributed by atoms with van der Waals surface area (Å²) in [5, 5.41) is 2.86. The van der Waals surface area contributed by atoms with Gasteiger partial charge in [-0.3, -0.25) is 4.79 Å². The molecular weight excluding hydrogens is 354 g/mol. The Morgan fingerprint density at radius 2 is 1.61 bits per heavy atom. The average molecular weight is 377 g/mol. The zero-order chi connectivity index (χ0) is 19.6. The maximum Gasteiger partial charge on any atom is 0.321 e. The van der Waals surface area contributed by atoms with Gasteiger partial charge in [0, 0.05) is 23.6 Å². The number of hydrogen-bond acceptors (Lipinski definition) is 5. The summed E-state index contributed by atoms with van der Waals surface area (Å²) in [6.45, 7) is 2.85. The van der Waals surface area contributed by atoms with Crippen LogP contribution in [0.4, 0.5) is 5.69 Å². The Bertz CT molecular complexity index is 866. The van der Waals surface area contributed by atoms with Crippen LogP contribution in [-0.2, 0) is 0 Å². The summed E-state index contributed by atoms with van der Waals surface area (Å²) in [5.41, 5.74) is 1.24. The van der Waals surface area contributed by atoms with E-state index in [1.165, 1.54) is 0 Å². The topological polar surface area (TPSA) is 73.3 Å². The van der Waals surface area contributed by atoms with Crippen LogP contribution in [0, 0.1) is 0 Å². The summed E-state index contributed by atoms with van der Waals surface area (Å²) in [6.07, 6.45) is 6.57. The number of nitrogens with one attached hydrogen (secondary N) is 1. The minimum atomic E-state index is -0.183. The van der Waals surface area contributed by atoms with E-state index < -0.39 is 0 Å². The fourth-order valence-corrected chi connectivity index (χ4v) is 2.50. The molecule has 0 radical (unpaired) electrons. The molecule has 1 amide bonds. The lowest BCUT2D eigenvalue weighted by atomic mass is 10.2. The standard InChI is InChI=1S/C22H23N3O3/c1-2-3-4-16-27-19-10-6-17(7-11-19)21(26)25-18-8-12-20(13-9-18)28-22-23-14-5-15-24-22/h5-15H,2-4,16H2,1H3,(H,25,26). The van der Waals surface area contributed by atoms with Crippen molar-refractivity contribution in [3.8, 4) is 17.5 Å². The number of benzene rings is 2. The summed E-state index contributed by atoms with van der Waals surface area (Å²) in [4.78, 5) is 20.4. The van der Waals surface area contributed by atoms with Gasteiger partial charge in [0.2, 0.25) is 0 Å². The van der Waals surface area contributed by atoms with Gasteiger partial charge in [-0.2, -0.15) is 0 Å². The Kier molecular flexibility index (Phi) is 6.95. The van der Waals surface area contributed by atoms with Crippen molar-refractivity contribution < 1.29 is 14.3 Å². The molecule has 6 nitrogen and oxygen atoms in total. The molecule has 0 aliphatic rings. The number of carbonyl (C=O) groups excluding carboxylic acids is 1. The molecule has 28 heavy (non-hydrogen) atoms. The first kappa shape index (κ1) is 19.4. The van der Waals surface area contributed by atoms with Crippen LogP contribution < -0.4 is 14.8 Å². The maximum absolute atomic E-state index is 12.4. The van der Waals surface area contributed by atoms with Crippen LogP contribution in [0.15, 0.2) is 67.0 Å². The Hall–Kier alpha value is -3.41. The fraction of sp³-hybridized carbons (Fsp3) is 0.227. The average Bonchev–Trinajstić information content (AvgIpc) is 2.74. The van der Waals surface area contributed by atoms with E-state index in [2.05, 4.69) is 22.2 Å². The van der Waals surface area contributed by atoms with Gasteiger partial charge in [0.05, 0.1) is 6.61 Å². The lowest BCUT2D eigenvalue weighted by Crippen LogP contribution is -2.11. The number of carbonyl (C=O) groups is 1. The summed E-state index contributed by atoms with van der Waals surface area (Å²) in [7, 11) is 0. The number of hydrogen-bond donors (Lipinski definition) is 1. The predicted octanol–water partition coefficient (Wildman–Crippen LogP) is 5.09. The third kappa shape index (κ3) is 5.81. The highest BCUT2D eigenvalue weighted by molar-refractivity contribution is 6.04. The molecule has 6 heteroatoms. The predicted molar refractivity (Wildman–Crippen MR) is 108 cm³/mol. The Morgan fingerprint density at radius 3 is 2.29 bits per heavy atom. The van der Waals surface area contributed by atoms with Crippen molar-refractivity contribution in [1.29, 1.82) is 0 Å². The number of amides is 1. The Morgan fingerprint density at radius 1 is 0.929 bits per heavy atom. The fourth-order valence-electron chi connectivity index (χ4n) is 2.50. The lowest BCUT2D eigenvalue weighted by molar-refractivity contribution is 0.102. The zero-order valence-corrected chi connectivity index (χ0v) is 15.8. The molecule has 1 aromatic heterocycles. The van der Waals surface area contributed by atoms with E-state index in [1.807, 2.05) is 12.1 Å². The van der Waals surface area contributed by atoms with Crippen LogP contribution in [0.25, 0.3) is 0 Å². The molecule has 0 saturated heterocycles.